The quantitative estimate of drug-likeness (QED) is 0.680. The number of aryl methyl sites for hydroxylation is 1. The number of rotatable bonds is 5. The maximum Gasteiger partial charge on any atom is 0.259 e. The maximum absolute atomic E-state index is 13.2. The number of hydrogen-bond donors (Lipinski definition) is 1. The van der Waals surface area contributed by atoms with E-state index in [9.17, 15) is 9.59 Å². The molecule has 5 rings (SSSR count). The summed E-state index contributed by atoms with van der Waals surface area (Å²) < 4.78 is 11.1. The van der Waals surface area contributed by atoms with E-state index in [1.165, 1.54) is 11.3 Å². The van der Waals surface area contributed by atoms with Crippen molar-refractivity contribution in [2.45, 2.75) is 31.4 Å². The Hall–Kier alpha value is -2.23. The Labute approximate surface area is 188 Å². The number of ketones is 1. The number of carbonyl (C=O) groups is 2. The molecule has 2 aromatic rings. The molecule has 7 nitrogen and oxygen atoms in total. The zero-order chi connectivity index (χ0) is 21.2. The van der Waals surface area contributed by atoms with Gasteiger partial charge < -0.3 is 9.47 Å². The first-order valence-electron chi connectivity index (χ1n) is 10.5. The molecule has 0 aromatic carbocycles. The molecule has 1 fully saturated rings. The van der Waals surface area contributed by atoms with Crippen LogP contribution in [0, 0.1) is 5.92 Å². The second-order valence-electron chi connectivity index (χ2n) is 7.74. The lowest BCUT2D eigenvalue weighted by Gasteiger charge is -2.20. The lowest BCUT2D eigenvalue weighted by molar-refractivity contribution is 0.0547. The van der Waals surface area contributed by atoms with Crippen LogP contribution in [0.25, 0.3) is 5.76 Å². The first kappa shape index (κ1) is 20.7. The van der Waals surface area contributed by atoms with Gasteiger partial charge in [0, 0.05) is 43.2 Å². The van der Waals surface area contributed by atoms with E-state index >= 15 is 0 Å². The maximum atomic E-state index is 13.2. The second kappa shape index (κ2) is 9.10. The average Bonchev–Trinajstić information content (AvgIpc) is 3.49. The van der Waals surface area contributed by atoms with Gasteiger partial charge in [-0.1, -0.05) is 11.3 Å². The highest BCUT2D eigenvalue weighted by Crippen LogP contribution is 2.35. The Morgan fingerprint density at radius 2 is 2.06 bits per heavy atom. The van der Waals surface area contributed by atoms with Gasteiger partial charge in [0.15, 0.2) is 10.9 Å². The third-order valence-electron chi connectivity index (χ3n) is 5.66. The molecule has 9 heteroatoms. The summed E-state index contributed by atoms with van der Waals surface area (Å²) in [6, 6.07) is 1.91. The molecule has 0 unspecified atom stereocenters. The smallest absolute Gasteiger partial charge is 0.259 e. The number of thioether (sulfide) groups is 1. The third-order valence-corrected chi connectivity index (χ3v) is 7.66. The van der Waals surface area contributed by atoms with Crippen LogP contribution in [0.2, 0.25) is 0 Å². The van der Waals surface area contributed by atoms with Crippen molar-refractivity contribution in [2.75, 3.05) is 30.9 Å². The molecule has 3 aliphatic heterocycles. The lowest BCUT2D eigenvalue weighted by atomic mass is 9.94. The summed E-state index contributed by atoms with van der Waals surface area (Å²) in [5.74, 6) is 2.27. The van der Waals surface area contributed by atoms with Crippen molar-refractivity contribution in [3.05, 3.63) is 45.7 Å². The Morgan fingerprint density at radius 1 is 1.19 bits per heavy atom. The number of carbonyl (C=O) groups excluding carboxylic acids is 2. The number of thiazole rings is 1. The van der Waals surface area contributed by atoms with Crippen molar-refractivity contribution in [1.29, 1.82) is 0 Å². The summed E-state index contributed by atoms with van der Waals surface area (Å²) in [5.41, 5.74) is 3.23. The molecule has 0 aliphatic carbocycles. The first-order valence-corrected chi connectivity index (χ1v) is 12.5. The van der Waals surface area contributed by atoms with Crippen LogP contribution in [0.1, 0.15) is 56.2 Å². The van der Waals surface area contributed by atoms with E-state index in [1.807, 2.05) is 23.9 Å². The number of anilines is 1. The fourth-order valence-corrected chi connectivity index (χ4v) is 5.90. The molecule has 0 saturated carbocycles. The number of amides is 1. The zero-order valence-corrected chi connectivity index (χ0v) is 18.7. The summed E-state index contributed by atoms with van der Waals surface area (Å²) in [5, 5.41) is 3.27. The summed E-state index contributed by atoms with van der Waals surface area (Å²) in [6.07, 6.45) is 6.71. The van der Waals surface area contributed by atoms with Gasteiger partial charge in [0.1, 0.15) is 16.3 Å². The van der Waals surface area contributed by atoms with Gasteiger partial charge in [-0.25, -0.2) is 4.98 Å². The van der Waals surface area contributed by atoms with Gasteiger partial charge in [-0.2, -0.15) is 11.8 Å². The van der Waals surface area contributed by atoms with Crippen LogP contribution in [0.3, 0.4) is 0 Å². The molecule has 0 bridgehead atoms. The molecule has 1 N–H and O–H groups in total. The Kier molecular flexibility index (Phi) is 6.06. The summed E-state index contributed by atoms with van der Waals surface area (Å²) >= 11 is 3.07. The number of nitrogens with one attached hydrogen (secondary N) is 1. The van der Waals surface area contributed by atoms with Crippen molar-refractivity contribution in [2.24, 2.45) is 5.92 Å². The number of nitrogens with zero attached hydrogens (tertiary/aromatic N) is 2. The molecule has 1 saturated heterocycles. The SMILES string of the molecule is O=C(Nc1nc(C2=CCCO2)c(C(=O)C2CCOCC2)s1)c1cnc2c(c1)CSCC2. The van der Waals surface area contributed by atoms with Gasteiger partial charge in [-0.3, -0.25) is 19.9 Å². The standard InChI is InChI=1S/C22H23N3O4S2/c26-19(13-3-7-28-8-4-13)20-18(17-2-1-6-29-17)24-22(31-20)25-21(27)14-10-15-12-30-9-5-16(15)23-11-14/h2,10-11,13H,1,3-9,12H2,(H,24,25,27). The number of pyridine rings is 1. The van der Waals surface area contributed by atoms with E-state index < -0.39 is 0 Å². The lowest BCUT2D eigenvalue weighted by Crippen LogP contribution is -2.23. The normalized spacial score (nSPS) is 18.8. The van der Waals surface area contributed by atoms with Crippen molar-refractivity contribution < 1.29 is 19.1 Å². The highest BCUT2D eigenvalue weighted by Gasteiger charge is 2.30. The highest BCUT2D eigenvalue weighted by atomic mass is 32.2. The summed E-state index contributed by atoms with van der Waals surface area (Å²) in [4.78, 5) is 35.7. The number of hydrogen-bond acceptors (Lipinski definition) is 8. The molecule has 3 aliphatic rings. The van der Waals surface area contributed by atoms with Gasteiger partial charge in [-0.05, 0) is 42.7 Å². The molecule has 1 amide bonds. The minimum Gasteiger partial charge on any atom is -0.491 e. The fourth-order valence-electron chi connectivity index (χ4n) is 3.97. The molecule has 5 heterocycles. The highest BCUT2D eigenvalue weighted by molar-refractivity contribution is 7.98. The van der Waals surface area contributed by atoms with Crippen LogP contribution in [-0.4, -0.2) is 47.2 Å². The molecule has 0 atom stereocenters. The summed E-state index contributed by atoms with van der Waals surface area (Å²) in [6.45, 7) is 1.77. The van der Waals surface area contributed by atoms with Crippen LogP contribution < -0.4 is 5.32 Å². The van der Waals surface area contributed by atoms with Crippen molar-refractivity contribution >= 4 is 45.7 Å². The molecule has 0 radical (unpaired) electrons. The monoisotopic (exact) mass is 457 g/mol. The van der Waals surface area contributed by atoms with E-state index in [0.29, 0.717) is 59.7 Å². The molecule has 2 aromatic heterocycles. The van der Waals surface area contributed by atoms with Gasteiger partial charge in [-0.15, -0.1) is 0 Å². The Balaban J connectivity index is 1.40. The van der Waals surface area contributed by atoms with Gasteiger partial charge >= 0.3 is 0 Å². The number of ether oxygens (including phenoxy) is 2. The molecular formula is C22H23N3O4S2. The van der Waals surface area contributed by atoms with E-state index in [0.717, 1.165) is 35.6 Å². The van der Waals surface area contributed by atoms with Crippen LogP contribution in [-0.2, 0) is 21.6 Å². The van der Waals surface area contributed by atoms with Crippen LogP contribution in [0.15, 0.2) is 18.3 Å². The molecule has 162 valence electrons. The first-order chi connectivity index (χ1) is 15.2. The molecular weight excluding hydrogens is 434 g/mol. The topological polar surface area (TPSA) is 90.4 Å². The fraction of sp³-hybridized carbons (Fsp3) is 0.455. The predicted molar refractivity (Wildman–Crippen MR) is 121 cm³/mol. The van der Waals surface area contributed by atoms with Crippen molar-refractivity contribution in [1.82, 2.24) is 9.97 Å². The van der Waals surface area contributed by atoms with Crippen LogP contribution >= 0.6 is 23.1 Å². The largest absolute Gasteiger partial charge is 0.491 e. The van der Waals surface area contributed by atoms with E-state index in [1.54, 1.807) is 6.20 Å². The Bertz CT molecular complexity index is 1040. The van der Waals surface area contributed by atoms with Crippen molar-refractivity contribution in [3.8, 4) is 0 Å². The third kappa shape index (κ3) is 4.40. The van der Waals surface area contributed by atoms with Gasteiger partial charge in [0.2, 0.25) is 0 Å². The number of Topliss-reactive ketones (excluding diaryl/α,β-unsaturated/α-hetero) is 1. The molecule has 31 heavy (non-hydrogen) atoms. The van der Waals surface area contributed by atoms with E-state index in [-0.39, 0.29) is 17.6 Å². The zero-order valence-electron chi connectivity index (χ0n) is 17.0. The van der Waals surface area contributed by atoms with E-state index in [2.05, 4.69) is 15.3 Å². The Morgan fingerprint density at radius 3 is 2.87 bits per heavy atom. The van der Waals surface area contributed by atoms with Gasteiger partial charge in [0.05, 0.1) is 12.2 Å². The minimum absolute atomic E-state index is 0.0557. The predicted octanol–water partition coefficient (Wildman–Crippen LogP) is 3.95. The van der Waals surface area contributed by atoms with E-state index in [4.69, 9.17) is 9.47 Å². The van der Waals surface area contributed by atoms with Crippen LogP contribution in [0.4, 0.5) is 5.13 Å². The molecule has 0 spiro atoms. The number of fused-ring (bicyclic) bond motifs is 1. The number of aromatic nitrogens is 2. The minimum atomic E-state index is -0.266. The second-order valence-corrected chi connectivity index (χ2v) is 9.84. The summed E-state index contributed by atoms with van der Waals surface area (Å²) in [7, 11) is 0. The van der Waals surface area contributed by atoms with Gasteiger partial charge in [0.25, 0.3) is 5.91 Å². The van der Waals surface area contributed by atoms with Crippen molar-refractivity contribution in [3.63, 3.8) is 0 Å². The average molecular weight is 458 g/mol. The van der Waals surface area contributed by atoms with Crippen LogP contribution in [0.5, 0.6) is 0 Å².